The predicted molar refractivity (Wildman–Crippen MR) is 28.7 cm³/mol. The summed E-state index contributed by atoms with van der Waals surface area (Å²) in [6, 6.07) is 0. The van der Waals surface area contributed by atoms with Crippen molar-refractivity contribution in [2.45, 2.75) is 19.2 Å². The monoisotopic (exact) mass is 172 g/mol. The van der Waals surface area contributed by atoms with E-state index in [2.05, 4.69) is 4.74 Å². The standard InChI is InChI=1S/C5H7F3O3/c1-3(2-9)11-4(10)5(6,7)8/h3,9H,2H2,1H3. The third-order valence-corrected chi connectivity index (χ3v) is 0.797. The first-order valence-corrected chi connectivity index (χ1v) is 2.76. The van der Waals surface area contributed by atoms with Crippen molar-refractivity contribution in [2.24, 2.45) is 0 Å². The molecule has 1 unspecified atom stereocenters. The molecule has 0 amide bonds. The fourth-order valence-corrected chi connectivity index (χ4v) is 0.287. The number of carbonyl (C=O) groups is 1. The Morgan fingerprint density at radius 1 is 1.64 bits per heavy atom. The van der Waals surface area contributed by atoms with Crippen LogP contribution in [-0.4, -0.2) is 30.0 Å². The van der Waals surface area contributed by atoms with Gasteiger partial charge in [-0.3, -0.25) is 0 Å². The summed E-state index contributed by atoms with van der Waals surface area (Å²) in [6.07, 6.45) is -6.10. The highest BCUT2D eigenvalue weighted by Gasteiger charge is 2.41. The van der Waals surface area contributed by atoms with Crippen LogP contribution in [0.4, 0.5) is 13.2 Å². The zero-order valence-corrected chi connectivity index (χ0v) is 5.68. The molecule has 3 nitrogen and oxygen atoms in total. The molecule has 0 heterocycles. The zero-order valence-electron chi connectivity index (χ0n) is 5.68. The molecule has 1 atom stereocenters. The molecule has 0 aliphatic carbocycles. The van der Waals surface area contributed by atoms with Crippen LogP contribution in [0, 0.1) is 0 Å². The van der Waals surface area contributed by atoms with Gasteiger partial charge in [0.15, 0.2) is 0 Å². The summed E-state index contributed by atoms with van der Waals surface area (Å²) in [5.41, 5.74) is 0. The van der Waals surface area contributed by atoms with E-state index in [0.29, 0.717) is 0 Å². The lowest BCUT2D eigenvalue weighted by molar-refractivity contribution is -0.205. The Morgan fingerprint density at radius 3 is 2.36 bits per heavy atom. The van der Waals surface area contributed by atoms with E-state index in [1.54, 1.807) is 0 Å². The summed E-state index contributed by atoms with van der Waals surface area (Å²) in [6.45, 7) is 0.533. The molecule has 0 radical (unpaired) electrons. The van der Waals surface area contributed by atoms with Crippen LogP contribution in [-0.2, 0) is 9.53 Å². The Hall–Kier alpha value is -0.780. The molecule has 6 heteroatoms. The molecule has 0 saturated carbocycles. The molecule has 11 heavy (non-hydrogen) atoms. The second-order valence-electron chi connectivity index (χ2n) is 1.90. The molecule has 0 fully saturated rings. The number of hydrogen-bond donors (Lipinski definition) is 1. The van der Waals surface area contributed by atoms with Crippen LogP contribution in [0.1, 0.15) is 6.92 Å². The van der Waals surface area contributed by atoms with Gasteiger partial charge in [-0.05, 0) is 6.92 Å². The number of rotatable bonds is 2. The van der Waals surface area contributed by atoms with Crippen LogP contribution in [0.15, 0.2) is 0 Å². The second kappa shape index (κ2) is 3.56. The van der Waals surface area contributed by atoms with Crippen LogP contribution in [0.2, 0.25) is 0 Å². The summed E-state index contributed by atoms with van der Waals surface area (Å²) in [5, 5.41) is 8.20. The highest BCUT2D eigenvalue weighted by molar-refractivity contribution is 5.75. The van der Waals surface area contributed by atoms with Crippen LogP contribution >= 0.6 is 0 Å². The molecule has 66 valence electrons. The van der Waals surface area contributed by atoms with Crippen LogP contribution < -0.4 is 0 Å². The largest absolute Gasteiger partial charge is 0.490 e. The fourth-order valence-electron chi connectivity index (χ4n) is 0.287. The Balaban J connectivity index is 3.88. The van der Waals surface area contributed by atoms with Gasteiger partial charge in [-0.25, -0.2) is 4.79 Å². The van der Waals surface area contributed by atoms with Crippen molar-refractivity contribution in [2.75, 3.05) is 6.61 Å². The second-order valence-corrected chi connectivity index (χ2v) is 1.90. The molecular weight excluding hydrogens is 165 g/mol. The Bertz CT molecular complexity index is 142. The van der Waals surface area contributed by atoms with Gasteiger partial charge in [-0.2, -0.15) is 13.2 Å². The quantitative estimate of drug-likeness (QED) is 0.616. The van der Waals surface area contributed by atoms with Gasteiger partial charge in [0.05, 0.1) is 6.61 Å². The normalized spacial score (nSPS) is 14.3. The van der Waals surface area contributed by atoms with Gasteiger partial charge in [-0.1, -0.05) is 0 Å². The van der Waals surface area contributed by atoms with Gasteiger partial charge >= 0.3 is 12.1 Å². The average Bonchev–Trinajstić information content (AvgIpc) is 1.85. The molecule has 0 rings (SSSR count). The summed E-state index contributed by atoms with van der Waals surface area (Å²) in [7, 11) is 0. The lowest BCUT2D eigenvalue weighted by Crippen LogP contribution is -2.30. The molecule has 0 aromatic heterocycles. The SMILES string of the molecule is CC(CO)OC(=O)C(F)(F)F. The number of alkyl halides is 3. The minimum absolute atomic E-state index is 0.623. The third kappa shape index (κ3) is 3.82. The summed E-state index contributed by atoms with van der Waals surface area (Å²) < 4.78 is 37.9. The summed E-state index contributed by atoms with van der Waals surface area (Å²) >= 11 is 0. The molecule has 0 aromatic rings. The van der Waals surface area contributed by atoms with Gasteiger partial charge in [0.1, 0.15) is 6.10 Å². The van der Waals surface area contributed by atoms with Crippen LogP contribution in [0.3, 0.4) is 0 Å². The highest BCUT2D eigenvalue weighted by Crippen LogP contribution is 2.17. The van der Waals surface area contributed by atoms with Crippen molar-refractivity contribution >= 4 is 5.97 Å². The maximum absolute atomic E-state index is 11.4. The number of aliphatic hydroxyl groups is 1. The topological polar surface area (TPSA) is 46.5 Å². The van der Waals surface area contributed by atoms with Crippen LogP contribution in [0.5, 0.6) is 0 Å². The number of esters is 1. The minimum Gasteiger partial charge on any atom is -0.454 e. The van der Waals surface area contributed by atoms with Crippen molar-refractivity contribution in [3.05, 3.63) is 0 Å². The molecule has 0 aliphatic heterocycles. The van der Waals surface area contributed by atoms with Gasteiger partial charge < -0.3 is 9.84 Å². The van der Waals surface area contributed by atoms with E-state index < -0.39 is 24.9 Å². The van der Waals surface area contributed by atoms with Gasteiger partial charge in [-0.15, -0.1) is 0 Å². The maximum Gasteiger partial charge on any atom is 0.490 e. The molecule has 0 saturated heterocycles. The molecule has 0 spiro atoms. The first-order valence-electron chi connectivity index (χ1n) is 2.76. The molecule has 0 bridgehead atoms. The highest BCUT2D eigenvalue weighted by atomic mass is 19.4. The zero-order chi connectivity index (χ0) is 9.07. The number of ether oxygens (including phenoxy) is 1. The molecule has 0 aliphatic rings. The van der Waals surface area contributed by atoms with E-state index in [0.717, 1.165) is 6.92 Å². The minimum atomic E-state index is -4.98. The Labute approximate surface area is 60.8 Å². The smallest absolute Gasteiger partial charge is 0.454 e. The van der Waals surface area contributed by atoms with E-state index in [1.807, 2.05) is 0 Å². The average molecular weight is 172 g/mol. The predicted octanol–water partition coefficient (Wildman–Crippen LogP) is 0.473. The lowest BCUT2D eigenvalue weighted by atomic mass is 10.4. The molecular formula is C5H7F3O3. The number of halogens is 3. The fraction of sp³-hybridized carbons (Fsp3) is 0.800. The van der Waals surface area contributed by atoms with E-state index in [1.165, 1.54) is 0 Å². The Kier molecular flexibility index (Phi) is 3.31. The number of aliphatic hydroxyl groups excluding tert-OH is 1. The third-order valence-electron chi connectivity index (χ3n) is 0.797. The Morgan fingerprint density at radius 2 is 2.09 bits per heavy atom. The first kappa shape index (κ1) is 10.2. The van der Waals surface area contributed by atoms with Crippen molar-refractivity contribution in [1.82, 2.24) is 0 Å². The van der Waals surface area contributed by atoms with Crippen molar-refractivity contribution < 1.29 is 27.8 Å². The van der Waals surface area contributed by atoms with Crippen LogP contribution in [0.25, 0.3) is 0 Å². The van der Waals surface area contributed by atoms with E-state index in [9.17, 15) is 18.0 Å². The van der Waals surface area contributed by atoms with E-state index in [4.69, 9.17) is 5.11 Å². The first-order chi connectivity index (χ1) is 4.88. The lowest BCUT2D eigenvalue weighted by Gasteiger charge is -2.11. The summed E-state index contributed by atoms with van der Waals surface area (Å²) in [5.74, 6) is -2.28. The summed E-state index contributed by atoms with van der Waals surface area (Å²) in [4.78, 5) is 9.98. The molecule has 1 N–H and O–H groups in total. The number of hydrogen-bond acceptors (Lipinski definition) is 3. The molecule has 0 aromatic carbocycles. The number of carbonyl (C=O) groups excluding carboxylic acids is 1. The van der Waals surface area contributed by atoms with Crippen molar-refractivity contribution in [3.63, 3.8) is 0 Å². The van der Waals surface area contributed by atoms with E-state index >= 15 is 0 Å². The van der Waals surface area contributed by atoms with Gasteiger partial charge in [0.25, 0.3) is 0 Å². The maximum atomic E-state index is 11.4. The van der Waals surface area contributed by atoms with Gasteiger partial charge in [0.2, 0.25) is 0 Å². The van der Waals surface area contributed by atoms with Gasteiger partial charge in [0, 0.05) is 0 Å². The van der Waals surface area contributed by atoms with Crippen molar-refractivity contribution in [3.8, 4) is 0 Å². The van der Waals surface area contributed by atoms with Crippen molar-refractivity contribution in [1.29, 1.82) is 0 Å². The van der Waals surface area contributed by atoms with E-state index in [-0.39, 0.29) is 0 Å².